The van der Waals surface area contributed by atoms with Crippen molar-refractivity contribution in [2.45, 2.75) is 31.8 Å². The zero-order valence-electron chi connectivity index (χ0n) is 13.4. The van der Waals surface area contributed by atoms with E-state index < -0.39 is 0 Å². The molecule has 0 aromatic heterocycles. The Labute approximate surface area is 133 Å². The largest absolute Gasteiger partial charge is 0.381 e. The van der Waals surface area contributed by atoms with Gasteiger partial charge in [-0.15, -0.1) is 0 Å². The molecule has 0 bridgehead atoms. The molecule has 1 aromatic carbocycles. The van der Waals surface area contributed by atoms with Crippen LogP contribution >= 0.6 is 0 Å². The summed E-state index contributed by atoms with van der Waals surface area (Å²) in [7, 11) is 1.77. The Balaban J connectivity index is 1.50. The SMILES string of the molecule is COC1CCC(C(=O)N2CCN(c3ccccc3)CC2)CC1. The Morgan fingerprint density at radius 1 is 1.00 bits per heavy atom. The number of rotatable bonds is 3. The fraction of sp³-hybridized carbons (Fsp3) is 0.611. The van der Waals surface area contributed by atoms with E-state index in [1.807, 2.05) is 6.07 Å². The van der Waals surface area contributed by atoms with Crippen LogP contribution in [0, 0.1) is 5.92 Å². The van der Waals surface area contributed by atoms with Crippen LogP contribution in [0.2, 0.25) is 0 Å². The van der Waals surface area contributed by atoms with Crippen LogP contribution < -0.4 is 4.90 Å². The molecule has 4 heteroatoms. The van der Waals surface area contributed by atoms with Crippen LogP contribution in [0.25, 0.3) is 0 Å². The Morgan fingerprint density at radius 3 is 2.23 bits per heavy atom. The molecule has 1 heterocycles. The normalized spacial score (nSPS) is 26.0. The number of piperazine rings is 1. The van der Waals surface area contributed by atoms with Gasteiger partial charge in [-0.2, -0.15) is 0 Å². The van der Waals surface area contributed by atoms with Gasteiger partial charge < -0.3 is 14.5 Å². The molecule has 1 saturated carbocycles. The van der Waals surface area contributed by atoms with Gasteiger partial charge in [0, 0.05) is 44.9 Å². The number of anilines is 1. The summed E-state index contributed by atoms with van der Waals surface area (Å²) < 4.78 is 5.40. The van der Waals surface area contributed by atoms with Gasteiger partial charge in [0.15, 0.2) is 0 Å². The molecular formula is C18H26N2O2. The fourth-order valence-corrected chi connectivity index (χ4v) is 3.63. The van der Waals surface area contributed by atoms with E-state index in [4.69, 9.17) is 4.74 Å². The molecule has 1 aromatic rings. The quantitative estimate of drug-likeness (QED) is 0.860. The van der Waals surface area contributed by atoms with E-state index in [-0.39, 0.29) is 5.92 Å². The average Bonchev–Trinajstić information content (AvgIpc) is 2.62. The highest BCUT2D eigenvalue weighted by atomic mass is 16.5. The Bertz CT molecular complexity index is 475. The molecule has 0 spiro atoms. The maximum absolute atomic E-state index is 12.7. The van der Waals surface area contributed by atoms with Gasteiger partial charge in [0.1, 0.15) is 0 Å². The molecule has 2 aliphatic rings. The number of carbonyl (C=O) groups excluding carboxylic acids is 1. The maximum Gasteiger partial charge on any atom is 0.225 e. The lowest BCUT2D eigenvalue weighted by atomic mass is 9.86. The smallest absolute Gasteiger partial charge is 0.225 e. The van der Waals surface area contributed by atoms with Crippen LogP contribution in [0.1, 0.15) is 25.7 Å². The third-order valence-electron chi connectivity index (χ3n) is 5.07. The summed E-state index contributed by atoms with van der Waals surface area (Å²) >= 11 is 0. The van der Waals surface area contributed by atoms with E-state index in [1.165, 1.54) is 5.69 Å². The number of amides is 1. The predicted octanol–water partition coefficient (Wildman–Crippen LogP) is 2.54. The van der Waals surface area contributed by atoms with Crippen molar-refractivity contribution in [1.82, 2.24) is 4.90 Å². The summed E-state index contributed by atoms with van der Waals surface area (Å²) in [5.74, 6) is 0.581. The van der Waals surface area contributed by atoms with Gasteiger partial charge in [0.25, 0.3) is 0 Å². The molecule has 1 aliphatic heterocycles. The first-order valence-electron chi connectivity index (χ1n) is 8.39. The highest BCUT2D eigenvalue weighted by Crippen LogP contribution is 2.28. The van der Waals surface area contributed by atoms with Crippen LogP contribution in [0.3, 0.4) is 0 Å². The molecule has 0 radical (unpaired) electrons. The van der Waals surface area contributed by atoms with Crippen molar-refractivity contribution in [1.29, 1.82) is 0 Å². The minimum Gasteiger partial charge on any atom is -0.381 e. The van der Waals surface area contributed by atoms with Gasteiger partial charge in [0.2, 0.25) is 5.91 Å². The van der Waals surface area contributed by atoms with Crippen molar-refractivity contribution in [2.24, 2.45) is 5.92 Å². The number of nitrogens with zero attached hydrogens (tertiary/aromatic N) is 2. The Kier molecular flexibility index (Phi) is 4.98. The van der Waals surface area contributed by atoms with Crippen molar-refractivity contribution in [3.8, 4) is 0 Å². The molecule has 0 unspecified atom stereocenters. The standard InChI is InChI=1S/C18H26N2O2/c1-22-17-9-7-15(8-10-17)18(21)20-13-11-19(12-14-20)16-5-3-2-4-6-16/h2-6,15,17H,7-14H2,1H3. The number of methoxy groups -OCH3 is 1. The van der Waals surface area contributed by atoms with E-state index in [9.17, 15) is 4.79 Å². The van der Waals surface area contributed by atoms with E-state index in [1.54, 1.807) is 7.11 Å². The van der Waals surface area contributed by atoms with Gasteiger partial charge in [-0.1, -0.05) is 18.2 Å². The van der Waals surface area contributed by atoms with Crippen LogP contribution in [0.15, 0.2) is 30.3 Å². The van der Waals surface area contributed by atoms with Crippen molar-refractivity contribution in [2.75, 3.05) is 38.2 Å². The second-order valence-electron chi connectivity index (χ2n) is 6.36. The van der Waals surface area contributed by atoms with Gasteiger partial charge in [-0.25, -0.2) is 0 Å². The first kappa shape index (κ1) is 15.3. The number of ether oxygens (including phenoxy) is 1. The van der Waals surface area contributed by atoms with E-state index in [0.29, 0.717) is 12.0 Å². The Hall–Kier alpha value is -1.55. The molecule has 1 saturated heterocycles. The molecule has 0 atom stereocenters. The molecule has 0 N–H and O–H groups in total. The lowest BCUT2D eigenvalue weighted by Gasteiger charge is -2.38. The summed E-state index contributed by atoms with van der Waals surface area (Å²) in [5.41, 5.74) is 1.26. The van der Waals surface area contributed by atoms with Gasteiger partial charge in [0.05, 0.1) is 6.10 Å². The zero-order chi connectivity index (χ0) is 15.4. The monoisotopic (exact) mass is 302 g/mol. The fourth-order valence-electron chi connectivity index (χ4n) is 3.63. The number of benzene rings is 1. The van der Waals surface area contributed by atoms with Crippen molar-refractivity contribution in [3.05, 3.63) is 30.3 Å². The highest BCUT2D eigenvalue weighted by Gasteiger charge is 2.31. The number of hydrogen-bond donors (Lipinski definition) is 0. The lowest BCUT2D eigenvalue weighted by Crippen LogP contribution is -2.50. The first-order valence-corrected chi connectivity index (χ1v) is 8.39. The average molecular weight is 302 g/mol. The van der Waals surface area contributed by atoms with Crippen molar-refractivity contribution in [3.63, 3.8) is 0 Å². The highest BCUT2D eigenvalue weighted by molar-refractivity contribution is 5.79. The van der Waals surface area contributed by atoms with Gasteiger partial charge in [-0.3, -0.25) is 4.79 Å². The lowest BCUT2D eigenvalue weighted by molar-refractivity contribution is -0.137. The summed E-state index contributed by atoms with van der Waals surface area (Å²) in [6.07, 6.45) is 4.37. The van der Waals surface area contributed by atoms with E-state index in [0.717, 1.165) is 51.9 Å². The number of para-hydroxylation sites is 1. The number of hydrogen-bond acceptors (Lipinski definition) is 3. The molecular weight excluding hydrogens is 276 g/mol. The summed E-state index contributed by atoms with van der Waals surface area (Å²) in [4.78, 5) is 17.1. The predicted molar refractivity (Wildman–Crippen MR) is 88.0 cm³/mol. The molecule has 22 heavy (non-hydrogen) atoms. The van der Waals surface area contributed by atoms with E-state index in [2.05, 4.69) is 34.1 Å². The minimum absolute atomic E-state index is 0.217. The summed E-state index contributed by atoms with van der Waals surface area (Å²) in [6, 6.07) is 10.5. The topological polar surface area (TPSA) is 32.8 Å². The molecule has 120 valence electrons. The summed E-state index contributed by atoms with van der Waals surface area (Å²) in [6.45, 7) is 3.56. The molecule has 1 aliphatic carbocycles. The second-order valence-corrected chi connectivity index (χ2v) is 6.36. The zero-order valence-corrected chi connectivity index (χ0v) is 13.4. The van der Waals surface area contributed by atoms with Crippen LogP contribution in [0.5, 0.6) is 0 Å². The molecule has 1 amide bonds. The van der Waals surface area contributed by atoms with Gasteiger partial charge in [-0.05, 0) is 37.8 Å². The maximum atomic E-state index is 12.7. The third-order valence-corrected chi connectivity index (χ3v) is 5.07. The van der Waals surface area contributed by atoms with Crippen LogP contribution in [-0.2, 0) is 9.53 Å². The van der Waals surface area contributed by atoms with Crippen molar-refractivity contribution >= 4 is 11.6 Å². The molecule has 2 fully saturated rings. The Morgan fingerprint density at radius 2 is 1.64 bits per heavy atom. The second kappa shape index (κ2) is 7.14. The molecule has 4 nitrogen and oxygen atoms in total. The van der Waals surface area contributed by atoms with Crippen LogP contribution in [0.4, 0.5) is 5.69 Å². The van der Waals surface area contributed by atoms with Gasteiger partial charge >= 0.3 is 0 Å². The first-order chi connectivity index (χ1) is 10.8. The van der Waals surface area contributed by atoms with Crippen molar-refractivity contribution < 1.29 is 9.53 Å². The minimum atomic E-state index is 0.217. The molecule has 3 rings (SSSR count). The third kappa shape index (κ3) is 3.43. The summed E-state index contributed by atoms with van der Waals surface area (Å²) in [5, 5.41) is 0. The van der Waals surface area contributed by atoms with E-state index >= 15 is 0 Å². The number of carbonyl (C=O) groups is 1. The van der Waals surface area contributed by atoms with Crippen LogP contribution in [-0.4, -0.2) is 50.2 Å².